The molecule has 0 bridgehead atoms. The van der Waals surface area contributed by atoms with E-state index in [9.17, 15) is 9.90 Å². The Morgan fingerprint density at radius 3 is 2.55 bits per heavy atom. The van der Waals surface area contributed by atoms with Crippen LogP contribution in [0.25, 0.3) is 0 Å². The first-order valence-corrected chi connectivity index (χ1v) is 7.71. The highest BCUT2D eigenvalue weighted by Crippen LogP contribution is 2.14. The molecule has 1 aromatic rings. The summed E-state index contributed by atoms with van der Waals surface area (Å²) in [6, 6.07) is 7.97. The number of nitrogens with one attached hydrogen (secondary N) is 1. The number of aliphatic hydroxyl groups is 1. The van der Waals surface area contributed by atoms with E-state index in [1.165, 1.54) is 7.11 Å². The lowest BCUT2D eigenvalue weighted by molar-refractivity contribution is -0.140. The average molecular weight is 309 g/mol. The molecule has 0 spiro atoms. The van der Waals surface area contributed by atoms with Crippen LogP contribution in [0.2, 0.25) is 0 Å². The Labute approximate surface area is 132 Å². The van der Waals surface area contributed by atoms with Crippen LogP contribution in [-0.4, -0.2) is 43.5 Å². The molecule has 0 aliphatic carbocycles. The van der Waals surface area contributed by atoms with Gasteiger partial charge in [-0.1, -0.05) is 26.0 Å². The number of carbonyl (C=O) groups is 1. The van der Waals surface area contributed by atoms with Crippen LogP contribution in [0.1, 0.15) is 32.3 Å². The number of benzene rings is 1. The number of ether oxygens (including phenoxy) is 2. The summed E-state index contributed by atoms with van der Waals surface area (Å²) >= 11 is 0. The topological polar surface area (TPSA) is 67.8 Å². The van der Waals surface area contributed by atoms with Gasteiger partial charge in [-0.2, -0.15) is 0 Å². The summed E-state index contributed by atoms with van der Waals surface area (Å²) in [6.45, 7) is 5.20. The summed E-state index contributed by atoms with van der Waals surface area (Å²) in [5.41, 5.74) is 1.06. The summed E-state index contributed by atoms with van der Waals surface area (Å²) in [5.74, 6) is 0.510. The number of aliphatic hydroxyl groups excluding tert-OH is 1. The van der Waals surface area contributed by atoms with Crippen molar-refractivity contribution >= 4 is 5.97 Å². The van der Waals surface area contributed by atoms with E-state index < -0.39 is 6.10 Å². The van der Waals surface area contributed by atoms with E-state index in [0.717, 1.165) is 17.9 Å². The summed E-state index contributed by atoms with van der Waals surface area (Å²) in [4.78, 5) is 11.1. The third kappa shape index (κ3) is 8.00. The molecule has 0 saturated heterocycles. The molecule has 124 valence electrons. The van der Waals surface area contributed by atoms with Crippen LogP contribution in [0.15, 0.2) is 24.3 Å². The molecular formula is C17H27NO4. The molecule has 1 rings (SSSR count). The zero-order chi connectivity index (χ0) is 16.4. The van der Waals surface area contributed by atoms with Gasteiger partial charge in [0.15, 0.2) is 0 Å². The SMILES string of the molecule is COC(=O)CCc1ccc(OC[C@H](O)CCNC(C)C)cc1. The van der Waals surface area contributed by atoms with E-state index in [-0.39, 0.29) is 12.6 Å². The van der Waals surface area contributed by atoms with Gasteiger partial charge in [-0.25, -0.2) is 0 Å². The van der Waals surface area contributed by atoms with Gasteiger partial charge in [0.05, 0.1) is 13.2 Å². The molecule has 5 heteroatoms. The van der Waals surface area contributed by atoms with Crippen LogP contribution in [-0.2, 0) is 16.0 Å². The molecule has 1 atom stereocenters. The predicted octanol–water partition coefficient (Wildman–Crippen LogP) is 1.92. The molecule has 0 amide bonds. The van der Waals surface area contributed by atoms with Crippen LogP contribution < -0.4 is 10.1 Å². The second kappa shape index (κ2) is 10.2. The van der Waals surface area contributed by atoms with Crippen molar-refractivity contribution in [3.63, 3.8) is 0 Å². The Morgan fingerprint density at radius 2 is 1.95 bits per heavy atom. The second-order valence-electron chi connectivity index (χ2n) is 5.58. The lowest BCUT2D eigenvalue weighted by Crippen LogP contribution is -2.28. The van der Waals surface area contributed by atoms with E-state index in [2.05, 4.69) is 23.9 Å². The molecule has 0 radical (unpaired) electrons. The van der Waals surface area contributed by atoms with Crippen molar-refractivity contribution < 1.29 is 19.4 Å². The van der Waals surface area contributed by atoms with Crippen LogP contribution in [0, 0.1) is 0 Å². The standard InChI is InChI=1S/C17H27NO4/c1-13(2)18-11-10-15(19)12-22-16-7-4-14(5-8-16)6-9-17(20)21-3/h4-5,7-8,13,15,18-19H,6,9-12H2,1-3H3/t15-/m1/s1. The van der Waals surface area contributed by atoms with E-state index in [1.54, 1.807) is 0 Å². The average Bonchev–Trinajstić information content (AvgIpc) is 2.51. The van der Waals surface area contributed by atoms with Gasteiger partial charge in [-0.3, -0.25) is 4.79 Å². The normalized spacial score (nSPS) is 12.2. The smallest absolute Gasteiger partial charge is 0.305 e. The molecule has 0 fully saturated rings. The Kier molecular flexibility index (Phi) is 8.55. The van der Waals surface area contributed by atoms with Crippen molar-refractivity contribution in [3.8, 4) is 5.75 Å². The van der Waals surface area contributed by atoms with E-state index in [0.29, 0.717) is 25.3 Å². The first kappa shape index (κ1) is 18.5. The summed E-state index contributed by atoms with van der Waals surface area (Å²) in [6.07, 6.45) is 1.20. The van der Waals surface area contributed by atoms with Crippen molar-refractivity contribution in [1.82, 2.24) is 5.32 Å². The molecule has 0 aliphatic heterocycles. The first-order chi connectivity index (χ1) is 10.5. The van der Waals surface area contributed by atoms with Gasteiger partial charge in [-0.05, 0) is 37.1 Å². The van der Waals surface area contributed by atoms with Crippen LogP contribution in [0.3, 0.4) is 0 Å². The maximum absolute atomic E-state index is 11.1. The highest BCUT2D eigenvalue weighted by atomic mass is 16.5. The lowest BCUT2D eigenvalue weighted by atomic mass is 10.1. The fraction of sp³-hybridized carbons (Fsp3) is 0.588. The Morgan fingerprint density at radius 1 is 1.27 bits per heavy atom. The van der Waals surface area contributed by atoms with Crippen molar-refractivity contribution in [2.75, 3.05) is 20.3 Å². The highest BCUT2D eigenvalue weighted by Gasteiger charge is 2.06. The van der Waals surface area contributed by atoms with Crippen molar-refractivity contribution in [2.45, 2.75) is 45.3 Å². The minimum Gasteiger partial charge on any atom is -0.491 e. The summed E-state index contributed by atoms with van der Waals surface area (Å²) < 4.78 is 10.2. The van der Waals surface area contributed by atoms with E-state index >= 15 is 0 Å². The maximum atomic E-state index is 11.1. The quantitative estimate of drug-likeness (QED) is 0.646. The summed E-state index contributed by atoms with van der Waals surface area (Å²) in [7, 11) is 1.39. The monoisotopic (exact) mass is 309 g/mol. The van der Waals surface area contributed by atoms with Gasteiger partial charge in [0.1, 0.15) is 12.4 Å². The van der Waals surface area contributed by atoms with Gasteiger partial charge < -0.3 is 19.9 Å². The number of esters is 1. The number of carbonyl (C=O) groups excluding carboxylic acids is 1. The number of aryl methyl sites for hydroxylation is 1. The first-order valence-electron chi connectivity index (χ1n) is 7.71. The summed E-state index contributed by atoms with van der Waals surface area (Å²) in [5, 5.41) is 13.1. The number of methoxy groups -OCH3 is 1. The van der Waals surface area contributed by atoms with Crippen molar-refractivity contribution in [3.05, 3.63) is 29.8 Å². The Balaban J connectivity index is 2.27. The molecule has 5 nitrogen and oxygen atoms in total. The third-order valence-electron chi connectivity index (χ3n) is 3.24. The van der Waals surface area contributed by atoms with Gasteiger partial charge in [0.2, 0.25) is 0 Å². The molecular weight excluding hydrogens is 282 g/mol. The number of rotatable bonds is 10. The Bertz CT molecular complexity index is 431. The largest absolute Gasteiger partial charge is 0.491 e. The zero-order valence-electron chi connectivity index (χ0n) is 13.7. The molecule has 22 heavy (non-hydrogen) atoms. The number of hydrogen-bond donors (Lipinski definition) is 2. The minimum absolute atomic E-state index is 0.210. The third-order valence-corrected chi connectivity index (χ3v) is 3.24. The van der Waals surface area contributed by atoms with Crippen LogP contribution >= 0.6 is 0 Å². The molecule has 0 aromatic heterocycles. The minimum atomic E-state index is -0.481. The molecule has 0 saturated carbocycles. The fourth-order valence-corrected chi connectivity index (χ4v) is 1.92. The molecule has 0 unspecified atom stereocenters. The molecule has 2 N–H and O–H groups in total. The van der Waals surface area contributed by atoms with E-state index in [1.807, 2.05) is 24.3 Å². The lowest BCUT2D eigenvalue weighted by Gasteiger charge is -2.14. The fourth-order valence-electron chi connectivity index (χ4n) is 1.92. The zero-order valence-corrected chi connectivity index (χ0v) is 13.7. The van der Waals surface area contributed by atoms with Gasteiger partial charge in [0, 0.05) is 12.5 Å². The molecule has 0 aliphatic rings. The van der Waals surface area contributed by atoms with Crippen molar-refractivity contribution in [1.29, 1.82) is 0 Å². The maximum Gasteiger partial charge on any atom is 0.305 e. The van der Waals surface area contributed by atoms with Crippen molar-refractivity contribution in [2.24, 2.45) is 0 Å². The molecule has 1 aromatic carbocycles. The van der Waals surface area contributed by atoms with Gasteiger partial charge >= 0.3 is 5.97 Å². The molecule has 0 heterocycles. The van der Waals surface area contributed by atoms with Crippen LogP contribution in [0.5, 0.6) is 5.75 Å². The Hall–Kier alpha value is -1.59. The second-order valence-corrected chi connectivity index (χ2v) is 5.58. The number of hydrogen-bond acceptors (Lipinski definition) is 5. The van der Waals surface area contributed by atoms with E-state index in [4.69, 9.17) is 4.74 Å². The van der Waals surface area contributed by atoms with Gasteiger partial charge in [-0.15, -0.1) is 0 Å². The predicted molar refractivity (Wildman–Crippen MR) is 86.0 cm³/mol. The highest BCUT2D eigenvalue weighted by molar-refractivity contribution is 5.69. The van der Waals surface area contributed by atoms with Crippen LogP contribution in [0.4, 0.5) is 0 Å². The van der Waals surface area contributed by atoms with Gasteiger partial charge in [0.25, 0.3) is 0 Å².